The van der Waals surface area contributed by atoms with E-state index in [9.17, 15) is 9.59 Å². The van der Waals surface area contributed by atoms with Crippen LogP contribution in [0.2, 0.25) is 5.02 Å². The van der Waals surface area contributed by atoms with Crippen LogP contribution in [0.15, 0.2) is 66.0 Å². The van der Waals surface area contributed by atoms with E-state index in [1.165, 1.54) is 18.0 Å². The van der Waals surface area contributed by atoms with E-state index in [4.69, 9.17) is 16.3 Å². The molecule has 1 aromatic carbocycles. The van der Waals surface area contributed by atoms with Crippen molar-refractivity contribution >= 4 is 29.0 Å². The summed E-state index contributed by atoms with van der Waals surface area (Å²) in [6.07, 6.45) is 5.46. The van der Waals surface area contributed by atoms with Crippen molar-refractivity contribution in [2.24, 2.45) is 0 Å². The second-order valence-corrected chi connectivity index (χ2v) is 8.65. The first-order valence-corrected chi connectivity index (χ1v) is 11.2. The summed E-state index contributed by atoms with van der Waals surface area (Å²) < 4.78 is 7.87. The summed E-state index contributed by atoms with van der Waals surface area (Å²) in [5, 5.41) is 5.06. The lowest BCUT2D eigenvalue weighted by molar-refractivity contribution is 0.121. The Kier molecular flexibility index (Phi) is 5.70. The smallest absolute Gasteiger partial charge is 0.409 e. The van der Waals surface area contributed by atoms with Gasteiger partial charge in [-0.05, 0) is 42.3 Å². The molecule has 0 radical (unpaired) electrons. The highest BCUT2D eigenvalue weighted by atomic mass is 35.5. The first kappa shape index (κ1) is 22.0. The van der Waals surface area contributed by atoms with Crippen LogP contribution < -0.4 is 10.5 Å². The Hall–Kier alpha value is -3.85. The van der Waals surface area contributed by atoms with E-state index in [0.29, 0.717) is 22.8 Å². The number of carbonyl (C=O) groups is 1. The summed E-state index contributed by atoms with van der Waals surface area (Å²) in [5.41, 5.74) is 2.73. The third-order valence-corrected chi connectivity index (χ3v) is 6.47. The van der Waals surface area contributed by atoms with Crippen LogP contribution in [0.4, 0.5) is 10.6 Å². The van der Waals surface area contributed by atoms with E-state index in [1.807, 2.05) is 48.7 Å². The number of nitrogens with zero attached hydrogens (tertiary/aromatic N) is 6. The molecule has 10 heteroatoms. The number of hydrogen-bond donors (Lipinski definition) is 0. The summed E-state index contributed by atoms with van der Waals surface area (Å²) in [6.45, 7) is 1.45. The molecule has 5 rings (SSSR count). The molecule has 1 aliphatic heterocycles. The van der Waals surface area contributed by atoms with Crippen LogP contribution in [0.1, 0.15) is 6.42 Å². The van der Waals surface area contributed by atoms with Crippen LogP contribution in [-0.2, 0) is 4.74 Å². The van der Waals surface area contributed by atoms with Crippen LogP contribution in [0.5, 0.6) is 0 Å². The van der Waals surface area contributed by atoms with Crippen LogP contribution in [0.25, 0.3) is 22.3 Å². The number of fused-ring (bicyclic) bond motifs is 1. The number of anilines is 1. The Bertz CT molecular complexity index is 1400. The summed E-state index contributed by atoms with van der Waals surface area (Å²) in [6, 6.07) is 13.1. The number of carbonyl (C=O) groups excluding carboxylic acids is 1. The van der Waals surface area contributed by atoms with Gasteiger partial charge in [0, 0.05) is 36.9 Å². The topological polar surface area (TPSA) is 85.0 Å². The van der Waals surface area contributed by atoms with Crippen LogP contribution in [0.3, 0.4) is 0 Å². The van der Waals surface area contributed by atoms with E-state index >= 15 is 0 Å². The van der Waals surface area contributed by atoms with E-state index < -0.39 is 0 Å². The molecule has 0 bridgehead atoms. The molecule has 4 heterocycles. The van der Waals surface area contributed by atoms with Crippen molar-refractivity contribution in [3.63, 3.8) is 0 Å². The fraction of sp³-hybridized carbons (Fsp3) is 0.250. The molecule has 1 fully saturated rings. The number of aromatic nitrogens is 4. The number of rotatable bonds is 4. The lowest BCUT2D eigenvalue weighted by Gasteiger charge is -2.23. The predicted molar refractivity (Wildman–Crippen MR) is 130 cm³/mol. The Balaban J connectivity index is 1.38. The van der Waals surface area contributed by atoms with Gasteiger partial charge >= 0.3 is 6.09 Å². The maximum absolute atomic E-state index is 13.2. The molecule has 1 unspecified atom stereocenters. The molecule has 9 nitrogen and oxygen atoms in total. The number of likely N-dealkylation sites (N-methyl/N-ethyl adjacent to an activating group) is 1. The molecule has 34 heavy (non-hydrogen) atoms. The van der Waals surface area contributed by atoms with Gasteiger partial charge < -0.3 is 14.5 Å². The molecule has 1 saturated heterocycles. The van der Waals surface area contributed by atoms with Gasteiger partial charge in [0.1, 0.15) is 17.7 Å². The van der Waals surface area contributed by atoms with Gasteiger partial charge in [-0.15, -0.1) is 0 Å². The Morgan fingerprint density at radius 2 is 1.97 bits per heavy atom. The van der Waals surface area contributed by atoms with Crippen LogP contribution >= 0.6 is 11.6 Å². The average Bonchev–Trinajstić information content (AvgIpc) is 3.52. The number of ether oxygens (including phenoxy) is 1. The molecule has 174 valence electrons. The van der Waals surface area contributed by atoms with E-state index in [1.54, 1.807) is 22.7 Å². The van der Waals surface area contributed by atoms with Gasteiger partial charge in [0.2, 0.25) is 0 Å². The molecule has 1 atom stereocenters. The number of methoxy groups -OCH3 is 1. The van der Waals surface area contributed by atoms with Crippen molar-refractivity contribution in [3.05, 3.63) is 76.6 Å². The van der Waals surface area contributed by atoms with E-state index in [0.717, 1.165) is 29.9 Å². The number of amides is 1. The number of benzene rings is 1. The third-order valence-electron chi connectivity index (χ3n) is 6.22. The Morgan fingerprint density at radius 1 is 1.18 bits per heavy atom. The maximum Gasteiger partial charge on any atom is 0.409 e. The van der Waals surface area contributed by atoms with Crippen molar-refractivity contribution in [1.29, 1.82) is 0 Å². The van der Waals surface area contributed by atoms with Gasteiger partial charge in [-0.1, -0.05) is 23.7 Å². The summed E-state index contributed by atoms with van der Waals surface area (Å²) in [5.74, 6) is 0.791. The molecule has 0 saturated carbocycles. The minimum absolute atomic E-state index is 0.0624. The van der Waals surface area contributed by atoms with Crippen molar-refractivity contribution in [3.8, 4) is 16.8 Å². The highest BCUT2D eigenvalue weighted by Crippen LogP contribution is 2.24. The van der Waals surface area contributed by atoms with Gasteiger partial charge in [0.15, 0.2) is 0 Å². The summed E-state index contributed by atoms with van der Waals surface area (Å²) in [7, 11) is 3.12. The summed E-state index contributed by atoms with van der Waals surface area (Å²) in [4.78, 5) is 33.3. The van der Waals surface area contributed by atoms with Crippen LogP contribution in [0, 0.1) is 0 Å². The fourth-order valence-electron chi connectivity index (χ4n) is 4.24. The molecule has 0 aliphatic carbocycles. The summed E-state index contributed by atoms with van der Waals surface area (Å²) >= 11 is 5.98. The zero-order valence-electron chi connectivity index (χ0n) is 18.8. The highest BCUT2D eigenvalue weighted by molar-refractivity contribution is 6.30. The predicted octanol–water partition coefficient (Wildman–Crippen LogP) is 3.48. The normalized spacial score (nSPS) is 15.6. The third kappa shape index (κ3) is 3.99. The molecule has 4 aromatic rings. The second-order valence-electron chi connectivity index (χ2n) is 8.22. The Labute approximate surface area is 200 Å². The van der Waals surface area contributed by atoms with Crippen molar-refractivity contribution in [2.45, 2.75) is 12.5 Å². The minimum atomic E-state index is -0.345. The molecule has 1 aliphatic rings. The molecule has 1 amide bonds. The van der Waals surface area contributed by atoms with Crippen molar-refractivity contribution in [2.75, 3.05) is 32.1 Å². The van der Waals surface area contributed by atoms with Gasteiger partial charge in [0.05, 0.1) is 25.0 Å². The van der Waals surface area contributed by atoms with E-state index in [2.05, 4.69) is 15.0 Å². The first-order valence-electron chi connectivity index (χ1n) is 10.8. The van der Waals surface area contributed by atoms with Gasteiger partial charge in [-0.3, -0.25) is 9.36 Å². The number of halogens is 1. The molecular weight excluding hydrogens is 456 g/mol. The fourth-order valence-corrected chi connectivity index (χ4v) is 4.37. The molecule has 3 aromatic heterocycles. The molecular formula is C24H23ClN6O3. The second kappa shape index (κ2) is 8.83. The SMILES string of the molecule is COC(=O)N(C)C1CCN(c2ccc(-n3cnn4cc(-c5ccc(Cl)cc5)cc4c3=O)cn2)C1. The number of pyridine rings is 1. The monoisotopic (exact) mass is 478 g/mol. The largest absolute Gasteiger partial charge is 0.453 e. The zero-order chi connectivity index (χ0) is 23.8. The van der Waals surface area contributed by atoms with Crippen molar-refractivity contribution < 1.29 is 9.53 Å². The van der Waals surface area contributed by atoms with Gasteiger partial charge in [-0.25, -0.2) is 14.3 Å². The minimum Gasteiger partial charge on any atom is -0.453 e. The molecule has 0 spiro atoms. The average molecular weight is 479 g/mol. The standard InChI is InChI=1S/C24H23ClN6O3/c1-28(24(33)34-2)20-9-10-29(14-20)22-8-7-19(12-26-22)30-15-27-31-13-17(11-21(31)23(30)32)16-3-5-18(25)6-4-16/h3-8,11-13,15,20H,9-10,14H2,1-2H3. The highest BCUT2D eigenvalue weighted by Gasteiger charge is 2.29. The van der Waals surface area contributed by atoms with Crippen molar-refractivity contribution in [1.82, 2.24) is 24.1 Å². The van der Waals surface area contributed by atoms with Gasteiger partial charge in [-0.2, -0.15) is 5.10 Å². The first-order chi connectivity index (χ1) is 16.4. The number of hydrogen-bond acceptors (Lipinski definition) is 6. The quantitative estimate of drug-likeness (QED) is 0.446. The van der Waals surface area contributed by atoms with Gasteiger partial charge in [0.25, 0.3) is 5.56 Å². The zero-order valence-corrected chi connectivity index (χ0v) is 19.5. The molecule has 0 N–H and O–H groups in total. The lowest BCUT2D eigenvalue weighted by atomic mass is 10.1. The maximum atomic E-state index is 13.2. The lowest BCUT2D eigenvalue weighted by Crippen LogP contribution is -2.39. The van der Waals surface area contributed by atoms with Crippen LogP contribution in [-0.4, -0.2) is 63.4 Å². The Morgan fingerprint density at radius 3 is 2.68 bits per heavy atom. The van der Waals surface area contributed by atoms with E-state index in [-0.39, 0.29) is 17.7 Å².